The second-order valence-corrected chi connectivity index (χ2v) is 9.77. The van der Waals surface area contributed by atoms with Crippen LogP contribution in [-0.2, 0) is 17.6 Å². The van der Waals surface area contributed by atoms with Gasteiger partial charge in [0.15, 0.2) is 15.8 Å². The number of alkyl halides is 3. The summed E-state index contributed by atoms with van der Waals surface area (Å²) in [5.41, 5.74) is 0.749. The summed E-state index contributed by atoms with van der Waals surface area (Å²) in [4.78, 5) is 18.4. The van der Waals surface area contributed by atoms with Crippen LogP contribution in [0.3, 0.4) is 0 Å². The van der Waals surface area contributed by atoms with E-state index in [0.717, 1.165) is 34.4 Å². The number of thiocarbonyl (C=S) groups is 1. The van der Waals surface area contributed by atoms with Crippen LogP contribution in [0.5, 0.6) is 11.5 Å². The molecule has 0 atom stereocenters. The van der Waals surface area contributed by atoms with Crippen LogP contribution in [0.4, 0.5) is 18.9 Å². The van der Waals surface area contributed by atoms with E-state index in [-0.39, 0.29) is 14.9 Å². The summed E-state index contributed by atoms with van der Waals surface area (Å²) in [5.74, 6) is 0.415. The van der Waals surface area contributed by atoms with Crippen LogP contribution in [0.2, 0.25) is 0 Å². The van der Waals surface area contributed by atoms with Crippen molar-refractivity contribution >= 4 is 61.9 Å². The van der Waals surface area contributed by atoms with E-state index in [9.17, 15) is 18.0 Å². The molecule has 4 rings (SSSR count). The molecule has 11 heteroatoms. The number of hydrogen-bond acceptors (Lipinski definition) is 6. The van der Waals surface area contributed by atoms with Gasteiger partial charge >= 0.3 is 6.18 Å². The highest BCUT2D eigenvalue weighted by Crippen LogP contribution is 2.41. The van der Waals surface area contributed by atoms with Crippen LogP contribution in [0.25, 0.3) is 6.08 Å². The molecule has 0 spiro atoms. The van der Waals surface area contributed by atoms with Gasteiger partial charge in [-0.2, -0.15) is 13.2 Å². The van der Waals surface area contributed by atoms with E-state index in [0.29, 0.717) is 28.1 Å². The molecule has 180 valence electrons. The second kappa shape index (κ2) is 10.4. The Labute approximate surface area is 217 Å². The van der Waals surface area contributed by atoms with Gasteiger partial charge in [0, 0.05) is 12.4 Å². The van der Waals surface area contributed by atoms with E-state index in [1.165, 1.54) is 19.2 Å². The number of thioether (sulfide) groups is 1. The Morgan fingerprint density at radius 1 is 1.17 bits per heavy atom. The lowest BCUT2D eigenvalue weighted by Crippen LogP contribution is -2.27. The summed E-state index contributed by atoms with van der Waals surface area (Å²) in [6.45, 7) is 0.298. The Hall–Kier alpha value is -2.89. The van der Waals surface area contributed by atoms with Crippen molar-refractivity contribution in [2.24, 2.45) is 0 Å². The van der Waals surface area contributed by atoms with E-state index in [1.807, 2.05) is 12.1 Å². The van der Waals surface area contributed by atoms with Gasteiger partial charge in [-0.3, -0.25) is 14.7 Å². The Bertz CT molecular complexity index is 1320. The number of methoxy groups -OCH3 is 1. The van der Waals surface area contributed by atoms with E-state index in [2.05, 4.69) is 20.9 Å². The standard InChI is InChI=1S/C24H16BrF3N2O3S2/c1-32-19-10-15(9-18(25)21(19)33-13-14-5-7-29-8-6-14)11-20-22(31)30(23(34)35-20)17-4-2-3-16(12-17)24(26,27)28/h2-12H,13H2,1H3/b20-11+. The van der Waals surface area contributed by atoms with E-state index < -0.39 is 17.6 Å². The topological polar surface area (TPSA) is 51.7 Å². The van der Waals surface area contributed by atoms with Gasteiger partial charge in [0.25, 0.3) is 5.91 Å². The first-order valence-electron chi connectivity index (χ1n) is 10.0. The van der Waals surface area contributed by atoms with Gasteiger partial charge in [0.2, 0.25) is 0 Å². The number of halogens is 4. The lowest BCUT2D eigenvalue weighted by Gasteiger charge is -2.16. The van der Waals surface area contributed by atoms with Crippen molar-refractivity contribution in [2.45, 2.75) is 12.8 Å². The predicted octanol–water partition coefficient (Wildman–Crippen LogP) is 6.86. The van der Waals surface area contributed by atoms with Gasteiger partial charge < -0.3 is 9.47 Å². The average molecular weight is 581 g/mol. The van der Waals surface area contributed by atoms with Gasteiger partial charge in [-0.25, -0.2) is 0 Å². The van der Waals surface area contributed by atoms with E-state index in [4.69, 9.17) is 21.7 Å². The third-order valence-electron chi connectivity index (χ3n) is 4.91. The summed E-state index contributed by atoms with van der Waals surface area (Å²) >= 11 is 9.79. The Balaban J connectivity index is 1.59. The van der Waals surface area contributed by atoms with Crippen molar-refractivity contribution < 1.29 is 27.4 Å². The van der Waals surface area contributed by atoms with Gasteiger partial charge in [-0.05, 0) is 75.6 Å². The molecule has 2 heterocycles. The number of nitrogens with zero attached hydrogens (tertiary/aromatic N) is 2. The summed E-state index contributed by atoms with van der Waals surface area (Å²) in [5, 5.41) is 0. The number of carbonyl (C=O) groups excluding carboxylic acids is 1. The average Bonchev–Trinajstić information content (AvgIpc) is 3.10. The predicted molar refractivity (Wildman–Crippen MR) is 136 cm³/mol. The first-order valence-corrected chi connectivity index (χ1v) is 12.0. The quantitative estimate of drug-likeness (QED) is 0.234. The minimum Gasteiger partial charge on any atom is -0.493 e. The zero-order valence-electron chi connectivity index (χ0n) is 18.0. The number of anilines is 1. The van der Waals surface area contributed by atoms with Crippen LogP contribution < -0.4 is 14.4 Å². The fourth-order valence-corrected chi connectivity index (χ4v) is 5.13. The number of benzene rings is 2. The van der Waals surface area contributed by atoms with E-state index in [1.54, 1.807) is 30.6 Å². The minimum atomic E-state index is -4.53. The molecular weight excluding hydrogens is 565 g/mol. The summed E-state index contributed by atoms with van der Waals surface area (Å²) in [6.07, 6.45) is 0.413. The maximum Gasteiger partial charge on any atom is 0.416 e. The summed E-state index contributed by atoms with van der Waals surface area (Å²) < 4.78 is 51.5. The highest BCUT2D eigenvalue weighted by atomic mass is 79.9. The van der Waals surface area contributed by atoms with Crippen molar-refractivity contribution in [3.63, 3.8) is 0 Å². The molecule has 0 saturated carbocycles. The van der Waals surface area contributed by atoms with Gasteiger partial charge in [-0.15, -0.1) is 0 Å². The number of ether oxygens (including phenoxy) is 2. The molecule has 3 aromatic rings. The van der Waals surface area contributed by atoms with Crippen LogP contribution in [0.15, 0.2) is 70.3 Å². The molecule has 1 aliphatic rings. The summed E-state index contributed by atoms with van der Waals surface area (Å²) in [6, 6.07) is 11.6. The zero-order valence-corrected chi connectivity index (χ0v) is 21.2. The first kappa shape index (κ1) is 25.2. The highest BCUT2D eigenvalue weighted by molar-refractivity contribution is 9.10. The van der Waals surface area contributed by atoms with Gasteiger partial charge in [0.05, 0.1) is 27.7 Å². The summed E-state index contributed by atoms with van der Waals surface area (Å²) in [7, 11) is 1.50. The molecular formula is C24H16BrF3N2O3S2. The van der Waals surface area contributed by atoms with Gasteiger partial charge in [-0.1, -0.05) is 30.0 Å². The molecule has 1 fully saturated rings. The molecule has 0 aliphatic carbocycles. The molecule has 1 aliphatic heterocycles. The molecule has 2 aromatic carbocycles. The fourth-order valence-electron chi connectivity index (χ4n) is 3.26. The molecule has 0 radical (unpaired) electrons. The third kappa shape index (κ3) is 5.68. The Morgan fingerprint density at radius 2 is 1.91 bits per heavy atom. The molecule has 35 heavy (non-hydrogen) atoms. The minimum absolute atomic E-state index is 0.0596. The number of carbonyl (C=O) groups is 1. The molecule has 1 amide bonds. The second-order valence-electron chi connectivity index (χ2n) is 7.24. The highest BCUT2D eigenvalue weighted by Gasteiger charge is 2.36. The van der Waals surface area contributed by atoms with Crippen LogP contribution in [0.1, 0.15) is 16.7 Å². The number of hydrogen-bond donors (Lipinski definition) is 0. The van der Waals surface area contributed by atoms with Crippen molar-refractivity contribution in [3.05, 3.63) is 87.0 Å². The lowest BCUT2D eigenvalue weighted by molar-refractivity contribution is -0.137. The Morgan fingerprint density at radius 3 is 2.60 bits per heavy atom. The van der Waals surface area contributed by atoms with Crippen molar-refractivity contribution in [1.29, 1.82) is 0 Å². The number of rotatable bonds is 6. The Kier molecular flexibility index (Phi) is 7.48. The van der Waals surface area contributed by atoms with Crippen molar-refractivity contribution in [2.75, 3.05) is 12.0 Å². The number of aromatic nitrogens is 1. The fraction of sp³-hybridized carbons (Fsp3) is 0.125. The normalized spacial score (nSPS) is 15.1. The molecule has 0 N–H and O–H groups in total. The maximum absolute atomic E-state index is 13.1. The molecule has 1 saturated heterocycles. The third-order valence-corrected chi connectivity index (χ3v) is 6.80. The van der Waals surface area contributed by atoms with Crippen molar-refractivity contribution in [3.8, 4) is 11.5 Å². The van der Waals surface area contributed by atoms with E-state index >= 15 is 0 Å². The smallest absolute Gasteiger partial charge is 0.416 e. The first-order chi connectivity index (χ1) is 16.7. The SMILES string of the molecule is COc1cc(/C=C2/SC(=S)N(c3cccc(C(F)(F)F)c3)C2=O)cc(Br)c1OCc1ccncc1. The zero-order chi connectivity index (χ0) is 25.2. The number of amides is 1. The molecule has 0 bridgehead atoms. The lowest BCUT2D eigenvalue weighted by atomic mass is 10.1. The maximum atomic E-state index is 13.1. The monoisotopic (exact) mass is 580 g/mol. The largest absolute Gasteiger partial charge is 0.493 e. The molecule has 1 aromatic heterocycles. The molecule has 5 nitrogen and oxygen atoms in total. The van der Waals surface area contributed by atoms with Crippen molar-refractivity contribution in [1.82, 2.24) is 4.98 Å². The number of pyridine rings is 1. The van der Waals surface area contributed by atoms with Crippen LogP contribution >= 0.6 is 39.9 Å². The van der Waals surface area contributed by atoms with Gasteiger partial charge in [0.1, 0.15) is 6.61 Å². The molecule has 0 unspecified atom stereocenters. The van der Waals surface area contributed by atoms with Crippen LogP contribution in [0, 0.1) is 0 Å². The van der Waals surface area contributed by atoms with Crippen LogP contribution in [-0.4, -0.2) is 22.3 Å².